The Bertz CT molecular complexity index is 322. The number of nitrogens with zero attached hydrogens (tertiary/aromatic N) is 1. The van der Waals surface area contributed by atoms with Crippen molar-refractivity contribution < 1.29 is 18.7 Å². The number of quaternary nitrogens is 1. The Morgan fingerprint density at radius 2 is 1.47 bits per heavy atom. The molecule has 4 heteroatoms. The van der Waals surface area contributed by atoms with Crippen LogP contribution in [0.3, 0.4) is 0 Å². The van der Waals surface area contributed by atoms with Crippen molar-refractivity contribution in [1.82, 2.24) is 0 Å². The Balaban J connectivity index is 1.87. The Labute approximate surface area is 116 Å². The Morgan fingerprint density at radius 3 is 2.11 bits per heavy atom. The van der Waals surface area contributed by atoms with Crippen LogP contribution in [0.5, 0.6) is 5.75 Å². The molecule has 0 amide bonds. The van der Waals surface area contributed by atoms with E-state index in [1.807, 2.05) is 24.3 Å². The van der Waals surface area contributed by atoms with Crippen molar-refractivity contribution in [3.05, 3.63) is 30.3 Å². The van der Waals surface area contributed by atoms with Crippen LogP contribution in [0.1, 0.15) is 0 Å². The van der Waals surface area contributed by atoms with Gasteiger partial charge in [0.2, 0.25) is 0 Å². The lowest BCUT2D eigenvalue weighted by Gasteiger charge is -2.23. The van der Waals surface area contributed by atoms with Crippen molar-refractivity contribution in [2.24, 2.45) is 0 Å². The molecule has 0 saturated carbocycles. The Kier molecular flexibility index (Phi) is 7.48. The van der Waals surface area contributed by atoms with Gasteiger partial charge in [-0.15, -0.1) is 0 Å². The monoisotopic (exact) mass is 267 g/mol. The number of rotatable bonds is 10. The van der Waals surface area contributed by atoms with Gasteiger partial charge in [-0.1, -0.05) is 12.1 Å². The lowest BCUT2D eigenvalue weighted by Crippen LogP contribution is -2.37. The van der Waals surface area contributed by atoms with Crippen LogP contribution in [-0.2, 0) is 9.47 Å². The normalized spacial score (nSPS) is 11.5. The van der Waals surface area contributed by atoms with Crippen LogP contribution in [0.25, 0.3) is 0 Å². The molecule has 0 aromatic heterocycles. The molecule has 1 aromatic carbocycles. The smallest absolute Gasteiger partial charge is 0.119 e. The van der Waals surface area contributed by atoms with Crippen LogP contribution >= 0.6 is 0 Å². The van der Waals surface area contributed by atoms with Crippen LogP contribution in [0.15, 0.2) is 24.3 Å². The van der Waals surface area contributed by atoms with Crippen molar-refractivity contribution in [3.63, 3.8) is 0 Å². The third kappa shape index (κ3) is 9.47. The molecular weight excluding hydrogens is 242 g/mol. The minimum atomic E-state index is 0.558. The highest BCUT2D eigenvalue weighted by Crippen LogP contribution is 2.07. The maximum atomic E-state index is 5.49. The summed E-state index contributed by atoms with van der Waals surface area (Å²) >= 11 is 0. The van der Waals surface area contributed by atoms with Crippen molar-refractivity contribution >= 4 is 0 Å². The first kappa shape index (κ1) is 16.0. The molecule has 4 nitrogen and oxygen atoms in total. The third-order valence-corrected chi connectivity index (χ3v) is 2.46. The first-order valence-electron chi connectivity index (χ1n) is 6.63. The van der Waals surface area contributed by atoms with E-state index in [2.05, 4.69) is 27.2 Å². The summed E-state index contributed by atoms with van der Waals surface area (Å²) in [6.07, 6.45) is 0. The lowest BCUT2D eigenvalue weighted by atomic mass is 10.3. The van der Waals surface area contributed by atoms with Crippen molar-refractivity contribution in [3.8, 4) is 5.75 Å². The van der Waals surface area contributed by atoms with Crippen molar-refractivity contribution in [2.75, 3.05) is 60.7 Å². The highest BCUT2D eigenvalue weighted by Gasteiger charge is 2.05. The predicted molar refractivity (Wildman–Crippen MR) is 75.3 cm³/mol. The molecule has 0 aliphatic carbocycles. The highest BCUT2D eigenvalue weighted by molar-refractivity contribution is 5.20. The summed E-state index contributed by atoms with van der Waals surface area (Å²) < 4.78 is 17.3. The van der Waals surface area contributed by atoms with Gasteiger partial charge in [-0.25, -0.2) is 0 Å². The van der Waals surface area contributed by atoms with E-state index in [9.17, 15) is 0 Å². The topological polar surface area (TPSA) is 27.7 Å². The minimum absolute atomic E-state index is 0.558. The maximum Gasteiger partial charge on any atom is 0.119 e. The minimum Gasteiger partial charge on any atom is -0.491 e. The highest BCUT2D eigenvalue weighted by atomic mass is 16.5. The zero-order chi connectivity index (χ0) is 14.0. The van der Waals surface area contributed by atoms with Crippen LogP contribution in [-0.4, -0.2) is 65.2 Å². The van der Waals surface area contributed by atoms with Crippen LogP contribution < -0.4 is 4.74 Å². The zero-order valence-corrected chi connectivity index (χ0v) is 12.2. The van der Waals surface area contributed by atoms with Gasteiger partial charge in [0, 0.05) is 0 Å². The molecule has 0 unspecified atom stereocenters. The molecule has 0 saturated heterocycles. The fraction of sp³-hybridized carbons (Fsp3) is 0.600. The van der Waals surface area contributed by atoms with Crippen LogP contribution in [0.4, 0.5) is 0 Å². The zero-order valence-electron chi connectivity index (χ0n) is 12.2. The summed E-state index contributed by atoms with van der Waals surface area (Å²) in [5, 5.41) is 0. The first-order valence-corrected chi connectivity index (χ1v) is 6.63. The van der Waals surface area contributed by atoms with E-state index in [-0.39, 0.29) is 0 Å². The van der Waals surface area contributed by atoms with E-state index in [0.717, 1.165) is 23.4 Å². The molecule has 0 aliphatic rings. The summed E-state index contributed by atoms with van der Waals surface area (Å²) in [6, 6.07) is 10.4. The second kappa shape index (κ2) is 8.91. The predicted octanol–water partition coefficient (Wildman–Crippen LogP) is 1.60. The number of benzene rings is 1. The molecule has 107 valence electrons. The van der Waals surface area contributed by atoms with Gasteiger partial charge in [-0.05, 0) is 18.2 Å². The molecule has 1 radical (unpaired) electrons. The number of ether oxygens (including phenoxy) is 3. The van der Waals surface area contributed by atoms with Crippen LogP contribution in [0, 0.1) is 6.07 Å². The van der Waals surface area contributed by atoms with E-state index in [4.69, 9.17) is 14.2 Å². The Morgan fingerprint density at radius 1 is 0.895 bits per heavy atom. The van der Waals surface area contributed by atoms with Crippen LogP contribution in [0.2, 0.25) is 0 Å². The summed E-state index contributed by atoms with van der Waals surface area (Å²) in [4.78, 5) is 0. The molecule has 0 atom stereocenters. The molecule has 0 N–H and O–H groups in total. The van der Waals surface area contributed by atoms with Gasteiger partial charge in [0.15, 0.2) is 0 Å². The molecule has 19 heavy (non-hydrogen) atoms. The summed E-state index contributed by atoms with van der Waals surface area (Å²) in [7, 11) is 6.45. The molecular formula is C15H25NO3+. The number of likely N-dealkylation sites (N-methyl/N-ethyl adjacent to an activating group) is 1. The molecule has 0 heterocycles. The average molecular weight is 267 g/mol. The van der Waals surface area contributed by atoms with E-state index >= 15 is 0 Å². The van der Waals surface area contributed by atoms with Gasteiger partial charge in [-0.2, -0.15) is 0 Å². The SMILES string of the molecule is C[N+](C)(C)CCOCCOCCOc1cc[c]cc1. The summed E-state index contributed by atoms with van der Waals surface area (Å²) in [5.74, 6) is 0.849. The Hall–Kier alpha value is -1.10. The molecule has 0 aliphatic heterocycles. The quantitative estimate of drug-likeness (QED) is 0.476. The molecule has 0 bridgehead atoms. The van der Waals surface area contributed by atoms with Gasteiger partial charge in [0.05, 0.1) is 47.6 Å². The van der Waals surface area contributed by atoms with Gasteiger partial charge >= 0.3 is 0 Å². The van der Waals surface area contributed by atoms with Gasteiger partial charge < -0.3 is 18.7 Å². The van der Waals surface area contributed by atoms with Gasteiger partial charge in [0.25, 0.3) is 0 Å². The third-order valence-electron chi connectivity index (χ3n) is 2.46. The molecule has 0 fully saturated rings. The van der Waals surface area contributed by atoms with E-state index in [1.165, 1.54) is 0 Å². The second-order valence-electron chi connectivity index (χ2n) is 5.32. The summed E-state index contributed by atoms with van der Waals surface area (Å²) in [6.45, 7) is 4.17. The maximum absolute atomic E-state index is 5.49. The van der Waals surface area contributed by atoms with Gasteiger partial charge in [0.1, 0.15) is 18.9 Å². The largest absolute Gasteiger partial charge is 0.491 e. The average Bonchev–Trinajstić information content (AvgIpc) is 2.37. The van der Waals surface area contributed by atoms with Crippen molar-refractivity contribution in [1.29, 1.82) is 0 Å². The van der Waals surface area contributed by atoms with Gasteiger partial charge in [-0.3, -0.25) is 0 Å². The summed E-state index contributed by atoms with van der Waals surface area (Å²) in [5.41, 5.74) is 0. The van der Waals surface area contributed by atoms with Crippen molar-refractivity contribution in [2.45, 2.75) is 0 Å². The fourth-order valence-corrected chi connectivity index (χ4v) is 1.35. The molecule has 1 rings (SSSR count). The standard InChI is InChI=1S/C15H25NO3/c1-16(2,3)9-10-17-11-12-18-13-14-19-15-7-5-4-6-8-15/h5-8H,9-14H2,1-3H3/q+1. The lowest BCUT2D eigenvalue weighted by molar-refractivity contribution is -0.870. The molecule has 1 aromatic rings. The fourth-order valence-electron chi connectivity index (χ4n) is 1.35. The first-order chi connectivity index (χ1) is 9.08. The second-order valence-corrected chi connectivity index (χ2v) is 5.32. The van der Waals surface area contributed by atoms with E-state index in [0.29, 0.717) is 26.4 Å². The number of hydrogen-bond donors (Lipinski definition) is 0. The van der Waals surface area contributed by atoms with E-state index < -0.39 is 0 Å². The van der Waals surface area contributed by atoms with E-state index in [1.54, 1.807) is 0 Å². The number of hydrogen-bond acceptors (Lipinski definition) is 3. The molecule has 0 spiro atoms.